The van der Waals surface area contributed by atoms with Crippen molar-refractivity contribution >= 4 is 33.6 Å². The number of carbonyl (C=O) groups excluding carboxylic acids is 2. The van der Waals surface area contributed by atoms with Crippen molar-refractivity contribution < 1.29 is 18.0 Å². The third-order valence-electron chi connectivity index (χ3n) is 5.08. The molecule has 8 heteroatoms. The number of sulfonamides is 1. The predicted molar refractivity (Wildman–Crippen MR) is 102 cm³/mol. The van der Waals surface area contributed by atoms with E-state index >= 15 is 0 Å². The molecule has 2 saturated heterocycles. The standard InChI is InChI=1S/C19H18N2O4S2/c1-14(22)20-13-26-12-19(20)17(15-8-4-2-5-9-15)21(18(19)23)27(24,25)16-10-6-3-7-11-16/h2-11,17H,12-13H2,1H3/t17-,19-/m1/s1. The smallest absolute Gasteiger partial charge is 0.267 e. The van der Waals surface area contributed by atoms with Gasteiger partial charge in [-0.05, 0) is 17.7 Å². The van der Waals surface area contributed by atoms with Crippen molar-refractivity contribution in [2.45, 2.75) is 23.4 Å². The first kappa shape index (κ1) is 18.1. The molecule has 140 valence electrons. The number of thioether (sulfide) groups is 1. The minimum atomic E-state index is -4.02. The molecule has 2 heterocycles. The summed E-state index contributed by atoms with van der Waals surface area (Å²) in [5.41, 5.74) is -0.454. The van der Waals surface area contributed by atoms with Crippen molar-refractivity contribution in [1.82, 2.24) is 9.21 Å². The lowest BCUT2D eigenvalue weighted by Gasteiger charge is -2.56. The molecule has 4 rings (SSSR count). The molecule has 2 amide bonds. The van der Waals surface area contributed by atoms with Crippen LogP contribution < -0.4 is 0 Å². The van der Waals surface area contributed by atoms with E-state index in [0.29, 0.717) is 17.2 Å². The number of hydrogen-bond donors (Lipinski definition) is 0. The van der Waals surface area contributed by atoms with Gasteiger partial charge in [0.25, 0.3) is 15.9 Å². The van der Waals surface area contributed by atoms with Crippen LogP contribution >= 0.6 is 11.8 Å². The fraction of sp³-hybridized carbons (Fsp3) is 0.263. The number of β-lactam (4-membered cyclic amide) rings is 1. The van der Waals surface area contributed by atoms with E-state index < -0.39 is 27.5 Å². The van der Waals surface area contributed by atoms with E-state index in [0.717, 1.165) is 4.31 Å². The summed E-state index contributed by atoms with van der Waals surface area (Å²) in [6, 6.07) is 16.2. The Labute approximate surface area is 162 Å². The molecular weight excluding hydrogens is 384 g/mol. The van der Waals surface area contributed by atoms with Crippen molar-refractivity contribution in [1.29, 1.82) is 0 Å². The van der Waals surface area contributed by atoms with Gasteiger partial charge in [-0.1, -0.05) is 48.5 Å². The lowest BCUT2D eigenvalue weighted by Crippen LogP contribution is -2.76. The Bertz CT molecular complexity index is 995. The molecule has 0 aromatic heterocycles. The number of benzene rings is 2. The van der Waals surface area contributed by atoms with E-state index in [9.17, 15) is 18.0 Å². The molecule has 2 fully saturated rings. The molecule has 2 aromatic rings. The molecule has 1 spiro atoms. The first-order valence-corrected chi connectivity index (χ1v) is 11.0. The monoisotopic (exact) mass is 402 g/mol. The lowest BCUT2D eigenvalue weighted by atomic mass is 9.77. The summed E-state index contributed by atoms with van der Waals surface area (Å²) in [7, 11) is -4.02. The Kier molecular flexibility index (Phi) is 4.27. The van der Waals surface area contributed by atoms with E-state index in [1.807, 2.05) is 6.07 Å². The Morgan fingerprint density at radius 1 is 1.07 bits per heavy atom. The molecule has 0 N–H and O–H groups in total. The zero-order valence-corrected chi connectivity index (χ0v) is 16.2. The minimum absolute atomic E-state index is 0.0640. The van der Waals surface area contributed by atoms with Crippen LogP contribution in [0.1, 0.15) is 18.5 Å². The van der Waals surface area contributed by atoms with Gasteiger partial charge in [-0.3, -0.25) is 9.59 Å². The molecule has 6 nitrogen and oxygen atoms in total. The molecule has 2 aliphatic rings. The van der Waals surface area contributed by atoms with E-state index in [1.165, 1.54) is 35.7 Å². The maximum absolute atomic E-state index is 13.2. The quantitative estimate of drug-likeness (QED) is 0.736. The lowest BCUT2D eigenvalue weighted by molar-refractivity contribution is -0.167. The summed E-state index contributed by atoms with van der Waals surface area (Å²) < 4.78 is 27.4. The van der Waals surface area contributed by atoms with Crippen LogP contribution in [0.25, 0.3) is 0 Å². The Balaban J connectivity index is 1.86. The fourth-order valence-corrected chi connectivity index (χ4v) is 6.93. The van der Waals surface area contributed by atoms with Crippen LogP contribution in [0, 0.1) is 0 Å². The predicted octanol–water partition coefficient (Wildman–Crippen LogP) is 2.25. The Morgan fingerprint density at radius 2 is 1.67 bits per heavy atom. The van der Waals surface area contributed by atoms with Gasteiger partial charge in [0.1, 0.15) is 6.04 Å². The fourth-order valence-electron chi connectivity index (χ4n) is 3.81. The van der Waals surface area contributed by atoms with Gasteiger partial charge in [-0.25, -0.2) is 12.7 Å². The second-order valence-electron chi connectivity index (χ2n) is 6.58. The molecule has 0 aliphatic carbocycles. The first-order valence-electron chi connectivity index (χ1n) is 8.45. The average Bonchev–Trinajstić information content (AvgIpc) is 3.14. The molecule has 0 unspecified atom stereocenters. The third kappa shape index (κ3) is 2.50. The van der Waals surface area contributed by atoms with Crippen LogP contribution in [0.15, 0.2) is 65.6 Å². The molecular formula is C19H18N2O4S2. The topological polar surface area (TPSA) is 74.8 Å². The van der Waals surface area contributed by atoms with Crippen LogP contribution in [0.2, 0.25) is 0 Å². The van der Waals surface area contributed by atoms with Crippen LogP contribution in [-0.4, -0.2) is 46.6 Å². The summed E-state index contributed by atoms with van der Waals surface area (Å²) in [5, 5.41) is 0. The number of hydrogen-bond acceptors (Lipinski definition) is 5. The second kappa shape index (κ2) is 6.38. The van der Waals surface area contributed by atoms with E-state index in [1.54, 1.807) is 42.5 Å². The number of carbonyl (C=O) groups is 2. The summed E-state index contributed by atoms with van der Waals surface area (Å²) in [5.74, 6) is -0.0125. The Hall–Kier alpha value is -2.32. The van der Waals surface area contributed by atoms with Gasteiger partial charge in [-0.2, -0.15) is 0 Å². The highest BCUT2D eigenvalue weighted by Gasteiger charge is 2.70. The second-order valence-corrected chi connectivity index (χ2v) is 9.35. The number of amides is 2. The van der Waals surface area contributed by atoms with Crippen molar-refractivity contribution in [2.24, 2.45) is 0 Å². The number of nitrogens with zero attached hydrogens (tertiary/aromatic N) is 2. The zero-order chi connectivity index (χ0) is 19.2. The highest BCUT2D eigenvalue weighted by atomic mass is 32.2. The zero-order valence-electron chi connectivity index (χ0n) is 14.6. The van der Waals surface area contributed by atoms with Crippen molar-refractivity contribution in [3.63, 3.8) is 0 Å². The van der Waals surface area contributed by atoms with Crippen molar-refractivity contribution in [2.75, 3.05) is 11.6 Å². The highest BCUT2D eigenvalue weighted by molar-refractivity contribution is 7.99. The molecule has 0 radical (unpaired) electrons. The normalized spacial score (nSPS) is 24.9. The van der Waals surface area contributed by atoms with Crippen LogP contribution in [0.4, 0.5) is 0 Å². The summed E-state index contributed by atoms with van der Waals surface area (Å²) in [6.45, 7) is 1.41. The van der Waals surface area contributed by atoms with Crippen molar-refractivity contribution in [3.8, 4) is 0 Å². The van der Waals surface area contributed by atoms with Gasteiger partial charge in [0.05, 0.1) is 10.8 Å². The SMILES string of the molecule is CC(=O)N1CSC[C@@]12C(=O)N(S(=O)(=O)c1ccccc1)[C@@H]2c1ccccc1. The van der Waals surface area contributed by atoms with Crippen LogP contribution in [0.3, 0.4) is 0 Å². The van der Waals surface area contributed by atoms with Gasteiger partial charge < -0.3 is 4.90 Å². The molecule has 0 bridgehead atoms. The van der Waals surface area contributed by atoms with E-state index in [2.05, 4.69) is 0 Å². The minimum Gasteiger partial charge on any atom is -0.316 e. The van der Waals surface area contributed by atoms with Gasteiger partial charge in [0.2, 0.25) is 5.91 Å². The molecule has 2 atom stereocenters. The van der Waals surface area contributed by atoms with Gasteiger partial charge in [0.15, 0.2) is 5.54 Å². The highest BCUT2D eigenvalue weighted by Crippen LogP contribution is 2.54. The average molecular weight is 402 g/mol. The van der Waals surface area contributed by atoms with Gasteiger partial charge in [0, 0.05) is 12.7 Å². The number of rotatable bonds is 3. The maximum atomic E-state index is 13.2. The van der Waals surface area contributed by atoms with Gasteiger partial charge >= 0.3 is 0 Å². The molecule has 27 heavy (non-hydrogen) atoms. The summed E-state index contributed by atoms with van der Waals surface area (Å²) >= 11 is 1.47. The first-order chi connectivity index (χ1) is 12.9. The van der Waals surface area contributed by atoms with Crippen molar-refractivity contribution in [3.05, 3.63) is 66.2 Å². The molecule has 0 saturated carbocycles. The summed E-state index contributed by atoms with van der Waals surface area (Å²) in [4.78, 5) is 27.0. The van der Waals surface area contributed by atoms with Crippen LogP contribution in [0.5, 0.6) is 0 Å². The third-order valence-corrected chi connectivity index (χ3v) is 7.92. The van der Waals surface area contributed by atoms with E-state index in [4.69, 9.17) is 0 Å². The molecule has 2 aliphatic heterocycles. The van der Waals surface area contributed by atoms with Crippen LogP contribution in [-0.2, 0) is 19.6 Å². The summed E-state index contributed by atoms with van der Waals surface area (Å²) in [6.07, 6.45) is 0. The Morgan fingerprint density at radius 3 is 2.26 bits per heavy atom. The molecule has 2 aromatic carbocycles. The van der Waals surface area contributed by atoms with Gasteiger partial charge in [-0.15, -0.1) is 11.8 Å². The maximum Gasteiger partial charge on any atom is 0.267 e. The largest absolute Gasteiger partial charge is 0.316 e. The van der Waals surface area contributed by atoms with E-state index in [-0.39, 0.29) is 10.8 Å².